The van der Waals surface area contributed by atoms with Crippen LogP contribution in [-0.4, -0.2) is 13.6 Å². The predicted molar refractivity (Wildman–Crippen MR) is 75.3 cm³/mol. The van der Waals surface area contributed by atoms with Crippen molar-refractivity contribution in [2.75, 3.05) is 18.5 Å². The average molecular weight is 221 g/mol. The number of benzene rings is 1. The Morgan fingerprint density at radius 3 is 2.25 bits per heavy atom. The molecule has 1 rings (SSSR count). The molecular weight excluding hydrogens is 194 g/mol. The second-order valence-corrected chi connectivity index (χ2v) is 3.76. The molecule has 0 bridgehead atoms. The van der Waals surface area contributed by atoms with Gasteiger partial charge in [-0.2, -0.15) is 0 Å². The fraction of sp³-hybridized carbons (Fsp3) is 0.600. The molecule has 0 aliphatic carbocycles. The van der Waals surface area contributed by atoms with Crippen LogP contribution < -0.4 is 4.90 Å². The standard InChI is InChI=1S/C13H21N.C2H6/c1-4-6-11-14(3)13-10-8-7-9-12(13)5-2;1-2/h7-10H,4-6,11H2,1-3H3;1-2H3. The van der Waals surface area contributed by atoms with Crippen molar-refractivity contribution < 1.29 is 0 Å². The zero-order valence-corrected chi connectivity index (χ0v) is 11.6. The highest BCUT2D eigenvalue weighted by Gasteiger charge is 2.03. The Morgan fingerprint density at radius 1 is 1.06 bits per heavy atom. The minimum Gasteiger partial charge on any atom is -0.374 e. The first-order chi connectivity index (χ1) is 7.79. The summed E-state index contributed by atoms with van der Waals surface area (Å²) in [6.07, 6.45) is 3.65. The summed E-state index contributed by atoms with van der Waals surface area (Å²) in [6.45, 7) is 9.61. The van der Waals surface area contributed by atoms with Crippen molar-refractivity contribution in [1.82, 2.24) is 0 Å². The van der Waals surface area contributed by atoms with Crippen molar-refractivity contribution in [1.29, 1.82) is 0 Å². The number of unbranched alkanes of at least 4 members (excludes halogenated alkanes) is 1. The number of hydrogen-bond acceptors (Lipinski definition) is 1. The van der Waals surface area contributed by atoms with Gasteiger partial charge in [0.1, 0.15) is 0 Å². The molecule has 1 aromatic rings. The van der Waals surface area contributed by atoms with E-state index < -0.39 is 0 Å². The van der Waals surface area contributed by atoms with Crippen molar-refractivity contribution in [3.8, 4) is 0 Å². The fourth-order valence-electron chi connectivity index (χ4n) is 1.70. The van der Waals surface area contributed by atoms with Crippen molar-refractivity contribution in [2.24, 2.45) is 0 Å². The second-order valence-electron chi connectivity index (χ2n) is 3.76. The van der Waals surface area contributed by atoms with E-state index in [1.54, 1.807) is 0 Å². The van der Waals surface area contributed by atoms with E-state index in [4.69, 9.17) is 0 Å². The summed E-state index contributed by atoms with van der Waals surface area (Å²) < 4.78 is 0. The minimum absolute atomic E-state index is 1.12. The molecular formula is C15H27N. The lowest BCUT2D eigenvalue weighted by Gasteiger charge is -2.21. The lowest BCUT2D eigenvalue weighted by atomic mass is 10.1. The van der Waals surface area contributed by atoms with Crippen LogP contribution in [0.5, 0.6) is 0 Å². The molecule has 0 saturated carbocycles. The molecule has 1 aromatic carbocycles. The normalized spacial score (nSPS) is 9.31. The summed E-state index contributed by atoms with van der Waals surface area (Å²) in [5, 5.41) is 0. The van der Waals surface area contributed by atoms with Crippen molar-refractivity contribution >= 4 is 5.69 Å². The zero-order valence-electron chi connectivity index (χ0n) is 11.6. The molecule has 1 nitrogen and oxygen atoms in total. The largest absolute Gasteiger partial charge is 0.374 e. The average Bonchev–Trinajstić information content (AvgIpc) is 2.38. The van der Waals surface area contributed by atoms with Crippen LogP contribution in [0, 0.1) is 0 Å². The number of anilines is 1. The highest BCUT2D eigenvalue weighted by atomic mass is 15.1. The molecule has 0 unspecified atom stereocenters. The molecule has 0 amide bonds. The molecule has 0 aliphatic rings. The van der Waals surface area contributed by atoms with E-state index in [2.05, 4.69) is 50.1 Å². The van der Waals surface area contributed by atoms with Crippen LogP contribution in [-0.2, 0) is 6.42 Å². The molecule has 16 heavy (non-hydrogen) atoms. The number of rotatable bonds is 5. The van der Waals surface area contributed by atoms with Crippen molar-refractivity contribution in [2.45, 2.75) is 47.0 Å². The van der Waals surface area contributed by atoms with Crippen LogP contribution in [0.2, 0.25) is 0 Å². The lowest BCUT2D eigenvalue weighted by Crippen LogP contribution is -2.19. The summed E-state index contributed by atoms with van der Waals surface area (Å²) in [5.74, 6) is 0. The minimum atomic E-state index is 1.12. The summed E-state index contributed by atoms with van der Waals surface area (Å²) in [4.78, 5) is 2.36. The molecule has 1 heteroatoms. The van der Waals surface area contributed by atoms with Gasteiger partial charge >= 0.3 is 0 Å². The smallest absolute Gasteiger partial charge is 0.0396 e. The Hall–Kier alpha value is -0.980. The van der Waals surface area contributed by atoms with Crippen LogP contribution in [0.4, 0.5) is 5.69 Å². The quantitative estimate of drug-likeness (QED) is 0.707. The number of aryl methyl sites for hydroxylation is 1. The van der Waals surface area contributed by atoms with Gasteiger partial charge in [-0.05, 0) is 24.5 Å². The van der Waals surface area contributed by atoms with Gasteiger partial charge in [0.2, 0.25) is 0 Å². The predicted octanol–water partition coefficient (Wildman–Crippen LogP) is 4.51. The Labute approximate surface area is 101 Å². The lowest BCUT2D eigenvalue weighted by molar-refractivity contribution is 0.764. The first kappa shape index (κ1) is 15.0. The number of para-hydroxylation sites is 1. The Kier molecular flexibility index (Phi) is 8.69. The molecule has 0 heterocycles. The van der Waals surface area contributed by atoms with Gasteiger partial charge < -0.3 is 4.90 Å². The Morgan fingerprint density at radius 2 is 1.69 bits per heavy atom. The maximum Gasteiger partial charge on any atom is 0.0396 e. The summed E-state index contributed by atoms with van der Waals surface area (Å²) >= 11 is 0. The molecule has 0 saturated heterocycles. The summed E-state index contributed by atoms with van der Waals surface area (Å²) in [7, 11) is 2.18. The van der Waals surface area contributed by atoms with Gasteiger partial charge in [-0.3, -0.25) is 0 Å². The molecule has 0 spiro atoms. The molecule has 92 valence electrons. The molecule has 0 atom stereocenters. The van der Waals surface area contributed by atoms with Gasteiger partial charge in [-0.15, -0.1) is 0 Å². The highest BCUT2D eigenvalue weighted by molar-refractivity contribution is 5.52. The molecule has 0 radical (unpaired) electrons. The molecule has 0 fully saturated rings. The number of nitrogens with zero attached hydrogens (tertiary/aromatic N) is 1. The first-order valence-electron chi connectivity index (χ1n) is 6.58. The van der Waals surface area contributed by atoms with Gasteiger partial charge in [-0.25, -0.2) is 0 Å². The number of hydrogen-bond donors (Lipinski definition) is 0. The van der Waals surface area contributed by atoms with Crippen molar-refractivity contribution in [3.63, 3.8) is 0 Å². The zero-order chi connectivity index (χ0) is 12.4. The monoisotopic (exact) mass is 221 g/mol. The maximum atomic E-state index is 2.36. The fourth-order valence-corrected chi connectivity index (χ4v) is 1.70. The third-order valence-corrected chi connectivity index (χ3v) is 2.63. The Balaban J connectivity index is 0.00000106. The van der Waals surface area contributed by atoms with Crippen molar-refractivity contribution in [3.05, 3.63) is 29.8 Å². The third-order valence-electron chi connectivity index (χ3n) is 2.63. The molecule has 0 aromatic heterocycles. The van der Waals surface area contributed by atoms with Gasteiger partial charge in [0, 0.05) is 19.3 Å². The van der Waals surface area contributed by atoms with Crippen LogP contribution in [0.3, 0.4) is 0 Å². The van der Waals surface area contributed by atoms with Crippen LogP contribution in [0.15, 0.2) is 24.3 Å². The van der Waals surface area contributed by atoms with E-state index >= 15 is 0 Å². The maximum absolute atomic E-state index is 2.36. The third kappa shape index (κ3) is 4.69. The van der Waals surface area contributed by atoms with Crippen LogP contribution in [0.1, 0.15) is 46.1 Å². The SMILES string of the molecule is CC.CCCCN(C)c1ccccc1CC. The Bertz CT molecular complexity index is 268. The topological polar surface area (TPSA) is 3.24 Å². The molecule has 0 N–H and O–H groups in total. The van der Waals surface area contributed by atoms with Crippen LogP contribution >= 0.6 is 0 Å². The van der Waals surface area contributed by atoms with E-state index in [1.807, 2.05) is 13.8 Å². The van der Waals surface area contributed by atoms with E-state index in [-0.39, 0.29) is 0 Å². The van der Waals surface area contributed by atoms with E-state index in [9.17, 15) is 0 Å². The van der Waals surface area contributed by atoms with Gasteiger partial charge in [0.25, 0.3) is 0 Å². The highest BCUT2D eigenvalue weighted by Crippen LogP contribution is 2.19. The van der Waals surface area contributed by atoms with E-state index in [0.29, 0.717) is 0 Å². The summed E-state index contributed by atoms with van der Waals surface area (Å²) in [6, 6.07) is 8.68. The first-order valence-corrected chi connectivity index (χ1v) is 6.58. The van der Waals surface area contributed by atoms with Gasteiger partial charge in [0.15, 0.2) is 0 Å². The van der Waals surface area contributed by atoms with Gasteiger partial charge in [0.05, 0.1) is 0 Å². The molecule has 0 aliphatic heterocycles. The summed E-state index contributed by atoms with van der Waals surface area (Å²) in [5.41, 5.74) is 2.84. The van der Waals surface area contributed by atoms with E-state index in [0.717, 1.165) is 13.0 Å². The second kappa shape index (κ2) is 9.26. The van der Waals surface area contributed by atoms with E-state index in [1.165, 1.54) is 24.1 Å². The van der Waals surface area contributed by atoms with Crippen LogP contribution in [0.25, 0.3) is 0 Å². The van der Waals surface area contributed by atoms with Gasteiger partial charge in [-0.1, -0.05) is 52.3 Å².